The minimum Gasteiger partial charge on any atom is -0.368 e. The number of pyridine rings is 1. The number of hydrazine groups is 1. The Morgan fingerprint density at radius 3 is 2.94 bits per heavy atom. The first-order valence-electron chi connectivity index (χ1n) is 11.5. The largest absolute Gasteiger partial charge is 0.368 e. The van der Waals surface area contributed by atoms with Crippen LogP contribution in [0.5, 0.6) is 0 Å². The van der Waals surface area contributed by atoms with Gasteiger partial charge in [0.1, 0.15) is 16.7 Å². The molecule has 3 aromatic heterocycles. The molecule has 1 saturated heterocycles. The Morgan fingerprint density at radius 2 is 2.09 bits per heavy atom. The molecule has 4 atom stereocenters. The van der Waals surface area contributed by atoms with Crippen molar-refractivity contribution in [3.63, 3.8) is 0 Å². The van der Waals surface area contributed by atoms with Crippen LogP contribution in [0.15, 0.2) is 24.5 Å². The summed E-state index contributed by atoms with van der Waals surface area (Å²) in [6.07, 6.45) is 11.1. The Hall–Kier alpha value is -2.62. The Morgan fingerprint density at radius 1 is 1.19 bits per heavy atom. The lowest BCUT2D eigenvalue weighted by molar-refractivity contribution is -0.120. The van der Waals surface area contributed by atoms with Gasteiger partial charge in [0.15, 0.2) is 5.82 Å². The van der Waals surface area contributed by atoms with E-state index < -0.39 is 0 Å². The lowest BCUT2D eigenvalue weighted by Gasteiger charge is -2.33. The molecule has 4 heterocycles. The van der Waals surface area contributed by atoms with Crippen LogP contribution in [-0.4, -0.2) is 39.0 Å². The van der Waals surface area contributed by atoms with E-state index in [1.807, 2.05) is 29.7 Å². The number of aryl methyl sites for hydroxylation is 2. The maximum atomic E-state index is 11.9. The van der Waals surface area contributed by atoms with Crippen molar-refractivity contribution in [1.29, 1.82) is 0 Å². The average Bonchev–Trinajstić information content (AvgIpc) is 3.40. The van der Waals surface area contributed by atoms with Crippen LogP contribution in [0.1, 0.15) is 42.5 Å². The first-order valence-corrected chi connectivity index (χ1v) is 12.3. The molecule has 0 aromatic carbocycles. The molecule has 2 aliphatic carbocycles. The minimum atomic E-state index is -0.324. The number of amides is 1. The van der Waals surface area contributed by atoms with Gasteiger partial charge in [-0.1, -0.05) is 0 Å². The fraction of sp³-hybridized carbons (Fsp3) is 0.478. The summed E-state index contributed by atoms with van der Waals surface area (Å²) in [6.45, 7) is 0. The van der Waals surface area contributed by atoms with Gasteiger partial charge < -0.3 is 11.1 Å². The van der Waals surface area contributed by atoms with Crippen molar-refractivity contribution >= 4 is 33.3 Å². The number of fused-ring (bicyclic) bond motifs is 4. The van der Waals surface area contributed by atoms with Crippen LogP contribution in [0.3, 0.4) is 0 Å². The summed E-state index contributed by atoms with van der Waals surface area (Å²) < 4.78 is 0. The summed E-state index contributed by atoms with van der Waals surface area (Å²) in [5.74, 6) is 1.52. The van der Waals surface area contributed by atoms with Crippen molar-refractivity contribution in [3.8, 4) is 11.4 Å². The van der Waals surface area contributed by atoms with Crippen molar-refractivity contribution < 1.29 is 4.79 Å². The molecular formula is C23H27N7OS. The molecule has 2 fully saturated rings. The quantitative estimate of drug-likeness (QED) is 0.483. The molecule has 166 valence electrons. The Balaban J connectivity index is 1.38. The molecule has 0 radical (unpaired) electrons. The fourth-order valence-electron chi connectivity index (χ4n) is 5.55. The number of rotatable bonds is 4. The van der Waals surface area contributed by atoms with Crippen LogP contribution >= 0.6 is 11.3 Å². The first kappa shape index (κ1) is 20.0. The molecule has 1 aliphatic heterocycles. The smallest absolute Gasteiger partial charge is 0.236 e. The molecule has 8 nitrogen and oxygen atoms in total. The second-order valence-electron chi connectivity index (χ2n) is 9.12. The second kappa shape index (κ2) is 8.06. The van der Waals surface area contributed by atoms with E-state index in [-0.39, 0.29) is 30.0 Å². The van der Waals surface area contributed by atoms with Crippen molar-refractivity contribution in [2.45, 2.75) is 63.1 Å². The van der Waals surface area contributed by atoms with E-state index in [1.165, 1.54) is 28.7 Å². The predicted molar refractivity (Wildman–Crippen MR) is 125 cm³/mol. The topological polar surface area (TPSA) is 118 Å². The Bertz CT molecular complexity index is 1160. The molecule has 1 amide bonds. The number of primary amides is 1. The van der Waals surface area contributed by atoms with Crippen LogP contribution in [0.25, 0.3) is 21.6 Å². The van der Waals surface area contributed by atoms with Crippen molar-refractivity contribution in [2.24, 2.45) is 11.7 Å². The van der Waals surface area contributed by atoms with E-state index >= 15 is 0 Å². The molecule has 3 aliphatic rings. The molecule has 4 unspecified atom stereocenters. The third-order valence-corrected chi connectivity index (χ3v) is 8.32. The predicted octanol–water partition coefficient (Wildman–Crippen LogP) is 2.54. The Kier molecular flexibility index (Phi) is 5.04. The van der Waals surface area contributed by atoms with Gasteiger partial charge in [-0.15, -0.1) is 11.3 Å². The van der Waals surface area contributed by atoms with Crippen LogP contribution in [0.4, 0.5) is 5.82 Å². The van der Waals surface area contributed by atoms with Gasteiger partial charge in [0.05, 0.1) is 5.39 Å². The summed E-state index contributed by atoms with van der Waals surface area (Å²) in [5.41, 5.74) is 14.3. The maximum Gasteiger partial charge on any atom is 0.236 e. The zero-order valence-electron chi connectivity index (χ0n) is 17.8. The molecule has 0 spiro atoms. The van der Waals surface area contributed by atoms with Gasteiger partial charge in [0, 0.05) is 40.8 Å². The summed E-state index contributed by atoms with van der Waals surface area (Å²) in [4.78, 5) is 28.6. The number of nitrogens with zero attached hydrogens (tertiary/aromatic N) is 3. The van der Waals surface area contributed by atoms with E-state index in [9.17, 15) is 4.79 Å². The number of thiophene rings is 1. The third-order valence-electron chi connectivity index (χ3n) is 7.13. The molecule has 1 saturated carbocycles. The highest BCUT2D eigenvalue weighted by Crippen LogP contribution is 2.41. The molecule has 5 N–H and O–H groups in total. The fourth-order valence-corrected chi connectivity index (χ4v) is 6.81. The molecular weight excluding hydrogens is 422 g/mol. The van der Waals surface area contributed by atoms with E-state index in [2.05, 4.69) is 21.2 Å². The van der Waals surface area contributed by atoms with E-state index in [0.717, 1.165) is 48.3 Å². The van der Waals surface area contributed by atoms with Gasteiger partial charge in [-0.3, -0.25) is 15.2 Å². The zero-order chi connectivity index (χ0) is 21.7. The number of hydrogen-bond acceptors (Lipinski definition) is 8. The van der Waals surface area contributed by atoms with E-state index in [1.54, 1.807) is 6.20 Å². The number of nitrogens with one attached hydrogen (secondary N) is 3. The summed E-state index contributed by atoms with van der Waals surface area (Å²) in [6, 6.07) is 4.12. The van der Waals surface area contributed by atoms with Gasteiger partial charge in [-0.25, -0.2) is 15.4 Å². The maximum absolute atomic E-state index is 11.9. The van der Waals surface area contributed by atoms with Gasteiger partial charge in [-0.05, 0) is 62.6 Å². The molecule has 32 heavy (non-hydrogen) atoms. The highest BCUT2D eigenvalue weighted by molar-refractivity contribution is 7.19. The van der Waals surface area contributed by atoms with Gasteiger partial charge in [0.2, 0.25) is 5.91 Å². The summed E-state index contributed by atoms with van der Waals surface area (Å²) >= 11 is 1.81. The number of nitrogens with two attached hydrogens (primary N) is 1. The van der Waals surface area contributed by atoms with Crippen molar-refractivity contribution in [3.05, 3.63) is 35.0 Å². The van der Waals surface area contributed by atoms with Crippen LogP contribution in [0, 0.1) is 5.92 Å². The minimum absolute atomic E-state index is 0.185. The number of anilines is 1. The lowest BCUT2D eigenvalue weighted by atomic mass is 9.79. The summed E-state index contributed by atoms with van der Waals surface area (Å²) in [5, 5.41) is 4.96. The first-order chi connectivity index (χ1) is 15.7. The normalized spacial score (nSPS) is 27.1. The number of carbonyl (C=O) groups is 1. The SMILES string of the molecule is NC(=O)C1NNC2CCC(Nc3nc(-c4cccnc4)nc4sc5c(c34)CCCC5)CC21. The van der Waals surface area contributed by atoms with Crippen LogP contribution in [0.2, 0.25) is 0 Å². The lowest BCUT2D eigenvalue weighted by Crippen LogP contribution is -2.44. The molecule has 3 aromatic rings. The summed E-state index contributed by atoms with van der Waals surface area (Å²) in [7, 11) is 0. The van der Waals surface area contributed by atoms with Crippen LogP contribution < -0.4 is 21.9 Å². The van der Waals surface area contributed by atoms with Crippen molar-refractivity contribution in [2.75, 3.05) is 5.32 Å². The third kappa shape index (κ3) is 3.44. The van der Waals surface area contributed by atoms with Gasteiger partial charge >= 0.3 is 0 Å². The second-order valence-corrected chi connectivity index (χ2v) is 10.2. The van der Waals surface area contributed by atoms with Gasteiger partial charge in [0.25, 0.3) is 0 Å². The number of hydrogen-bond donors (Lipinski definition) is 4. The van der Waals surface area contributed by atoms with Crippen LogP contribution in [-0.2, 0) is 17.6 Å². The molecule has 9 heteroatoms. The van der Waals surface area contributed by atoms with E-state index in [4.69, 9.17) is 15.7 Å². The average molecular weight is 450 g/mol. The highest BCUT2D eigenvalue weighted by atomic mass is 32.1. The number of carbonyl (C=O) groups excluding carboxylic acids is 1. The van der Waals surface area contributed by atoms with E-state index in [0.29, 0.717) is 5.82 Å². The van der Waals surface area contributed by atoms with Gasteiger partial charge in [-0.2, -0.15) is 0 Å². The number of aromatic nitrogens is 3. The monoisotopic (exact) mass is 449 g/mol. The standard InChI is InChI=1S/C23H27N7OS/c24-20(31)19-15-10-13(7-8-16(15)29-30-19)26-22-18-14-5-1-2-6-17(14)32-23(18)28-21(27-22)12-4-3-9-25-11-12/h3-4,9,11,13,15-16,19,29-30H,1-2,5-8,10H2,(H2,24,31)(H,26,27,28). The highest BCUT2D eigenvalue weighted by Gasteiger charge is 2.43. The Labute approximate surface area is 190 Å². The zero-order valence-corrected chi connectivity index (χ0v) is 18.6. The molecule has 6 rings (SSSR count). The molecule has 0 bridgehead atoms. The van der Waals surface area contributed by atoms with Crippen molar-refractivity contribution in [1.82, 2.24) is 25.8 Å².